The second kappa shape index (κ2) is 10.4. The van der Waals surface area contributed by atoms with Crippen LogP contribution in [0.2, 0.25) is 5.02 Å². The van der Waals surface area contributed by atoms with Gasteiger partial charge >= 0.3 is 5.97 Å². The van der Waals surface area contributed by atoms with Crippen LogP contribution >= 0.6 is 11.6 Å². The van der Waals surface area contributed by atoms with Crippen LogP contribution in [0.25, 0.3) is 0 Å². The van der Waals surface area contributed by atoms with Crippen molar-refractivity contribution in [1.29, 1.82) is 0 Å². The molecule has 0 aliphatic carbocycles. The average Bonchev–Trinajstić information content (AvgIpc) is 2.75. The molecule has 0 spiro atoms. The summed E-state index contributed by atoms with van der Waals surface area (Å²) in [5.41, 5.74) is 0.0280. The fourth-order valence-electron chi connectivity index (χ4n) is 2.70. The highest BCUT2D eigenvalue weighted by Gasteiger charge is 2.23. The van der Waals surface area contributed by atoms with Crippen molar-refractivity contribution in [2.45, 2.75) is 13.5 Å². The zero-order chi connectivity index (χ0) is 22.3. The number of hydrogen-bond acceptors (Lipinski definition) is 7. The Labute approximate surface area is 178 Å². The fraction of sp³-hybridized carbons (Fsp3) is 0.300. The van der Waals surface area contributed by atoms with Crippen LogP contribution in [0.5, 0.6) is 11.5 Å². The summed E-state index contributed by atoms with van der Waals surface area (Å²) in [5.74, 6) is -0.333. The maximum Gasteiger partial charge on any atom is 0.345 e. The molecule has 0 unspecified atom stereocenters. The Kier molecular flexibility index (Phi) is 7.99. The molecular weight excluding hydrogens is 416 g/mol. The lowest BCUT2D eigenvalue weighted by Gasteiger charge is -2.21. The second-order valence-corrected chi connectivity index (χ2v) is 6.53. The van der Waals surface area contributed by atoms with Crippen LogP contribution < -0.4 is 9.47 Å². The van der Waals surface area contributed by atoms with Gasteiger partial charge in [0, 0.05) is 24.2 Å². The Balaban J connectivity index is 2.06. The molecule has 2 rings (SSSR count). The number of ether oxygens (including phenoxy) is 3. The summed E-state index contributed by atoms with van der Waals surface area (Å²) in [6.45, 7) is 1.85. The Morgan fingerprint density at radius 1 is 1.10 bits per heavy atom. The summed E-state index contributed by atoms with van der Waals surface area (Å²) in [4.78, 5) is 36.6. The summed E-state index contributed by atoms with van der Waals surface area (Å²) in [6.07, 6.45) is 0. The first-order chi connectivity index (χ1) is 14.3. The van der Waals surface area contributed by atoms with Gasteiger partial charge in [0.25, 0.3) is 11.6 Å². The molecule has 0 heterocycles. The van der Waals surface area contributed by atoms with Gasteiger partial charge in [-0.25, -0.2) is 4.79 Å². The summed E-state index contributed by atoms with van der Waals surface area (Å²) >= 11 is 5.74. The molecule has 0 atom stereocenters. The number of rotatable bonds is 9. The van der Waals surface area contributed by atoms with E-state index in [-0.39, 0.29) is 17.1 Å². The second-order valence-electron chi connectivity index (χ2n) is 6.09. The maximum atomic E-state index is 12.5. The largest absolute Gasteiger partial charge is 0.493 e. The smallest absolute Gasteiger partial charge is 0.345 e. The average molecular weight is 437 g/mol. The minimum atomic E-state index is -0.978. The molecular formula is C20H21ClN2O7. The molecule has 2 aromatic carbocycles. The highest BCUT2D eigenvalue weighted by atomic mass is 35.5. The number of carbonyl (C=O) groups excluding carboxylic acids is 2. The van der Waals surface area contributed by atoms with Crippen LogP contribution in [0.15, 0.2) is 36.4 Å². The maximum absolute atomic E-state index is 12.5. The lowest BCUT2D eigenvalue weighted by atomic mass is 10.2. The van der Waals surface area contributed by atoms with E-state index < -0.39 is 29.1 Å². The number of halogens is 1. The number of benzene rings is 2. The summed E-state index contributed by atoms with van der Waals surface area (Å²) < 4.78 is 15.4. The number of carbonyl (C=O) groups is 2. The molecule has 2 aromatic rings. The third-order valence-corrected chi connectivity index (χ3v) is 4.49. The van der Waals surface area contributed by atoms with Crippen molar-refractivity contribution in [3.8, 4) is 11.5 Å². The van der Waals surface area contributed by atoms with Crippen LogP contribution in [-0.2, 0) is 16.1 Å². The van der Waals surface area contributed by atoms with E-state index in [0.717, 1.165) is 11.6 Å². The Hall–Kier alpha value is -3.33. The predicted molar refractivity (Wildman–Crippen MR) is 109 cm³/mol. The van der Waals surface area contributed by atoms with Crippen molar-refractivity contribution in [2.75, 3.05) is 27.4 Å². The number of amides is 1. The zero-order valence-corrected chi connectivity index (χ0v) is 17.5. The van der Waals surface area contributed by atoms with Crippen LogP contribution in [0, 0.1) is 10.1 Å². The molecule has 0 N–H and O–H groups in total. The molecule has 0 aliphatic heterocycles. The van der Waals surface area contributed by atoms with Gasteiger partial charge in [-0.15, -0.1) is 0 Å². The molecule has 0 fully saturated rings. The third kappa shape index (κ3) is 5.60. The first-order valence-electron chi connectivity index (χ1n) is 8.90. The summed E-state index contributed by atoms with van der Waals surface area (Å²) in [7, 11) is 3.04. The first kappa shape index (κ1) is 23.0. The highest BCUT2D eigenvalue weighted by Crippen LogP contribution is 2.28. The monoisotopic (exact) mass is 436 g/mol. The minimum Gasteiger partial charge on any atom is -0.493 e. The number of nitrogens with zero attached hydrogens (tertiary/aromatic N) is 2. The molecule has 0 saturated carbocycles. The SMILES string of the molecule is CCN(Cc1ccc(OC)c(OC)c1)C(=O)COC(=O)c1ccc(Cl)cc1[N+](=O)[O-]. The van der Waals surface area contributed by atoms with Gasteiger partial charge in [-0.3, -0.25) is 14.9 Å². The van der Waals surface area contributed by atoms with Crippen molar-refractivity contribution >= 4 is 29.2 Å². The Morgan fingerprint density at radius 3 is 2.40 bits per heavy atom. The number of likely N-dealkylation sites (N-methyl/N-ethyl adjacent to an activating group) is 1. The van der Waals surface area contributed by atoms with Crippen molar-refractivity contribution in [3.63, 3.8) is 0 Å². The normalized spacial score (nSPS) is 10.3. The van der Waals surface area contributed by atoms with E-state index in [9.17, 15) is 19.7 Å². The van der Waals surface area contributed by atoms with E-state index in [1.165, 1.54) is 31.3 Å². The number of esters is 1. The standard InChI is InChI=1S/C20H21ClN2O7/c1-4-22(11-13-5-8-17(28-2)18(9-13)29-3)19(24)12-30-20(25)15-7-6-14(21)10-16(15)23(26)27/h5-10H,4,11-12H2,1-3H3. The van der Waals surface area contributed by atoms with Gasteiger partial charge in [-0.1, -0.05) is 17.7 Å². The number of methoxy groups -OCH3 is 2. The van der Waals surface area contributed by atoms with E-state index in [4.69, 9.17) is 25.8 Å². The van der Waals surface area contributed by atoms with E-state index in [0.29, 0.717) is 18.0 Å². The van der Waals surface area contributed by atoms with Gasteiger partial charge in [0.15, 0.2) is 18.1 Å². The number of nitro groups is 1. The molecule has 1 amide bonds. The zero-order valence-electron chi connectivity index (χ0n) is 16.7. The predicted octanol–water partition coefficient (Wildman–Crippen LogP) is 3.47. The molecule has 10 heteroatoms. The molecule has 160 valence electrons. The fourth-order valence-corrected chi connectivity index (χ4v) is 2.87. The molecule has 30 heavy (non-hydrogen) atoms. The first-order valence-corrected chi connectivity index (χ1v) is 9.28. The van der Waals surface area contributed by atoms with Gasteiger partial charge in [0.05, 0.1) is 19.1 Å². The van der Waals surface area contributed by atoms with E-state index in [2.05, 4.69) is 0 Å². The lowest BCUT2D eigenvalue weighted by molar-refractivity contribution is -0.385. The quantitative estimate of drug-likeness (QED) is 0.336. The van der Waals surface area contributed by atoms with Gasteiger partial charge in [0.1, 0.15) is 5.56 Å². The van der Waals surface area contributed by atoms with Gasteiger partial charge in [0.2, 0.25) is 0 Å². The Bertz CT molecular complexity index is 949. The molecule has 0 radical (unpaired) electrons. The minimum absolute atomic E-state index is 0.112. The van der Waals surface area contributed by atoms with Crippen molar-refractivity contribution in [2.24, 2.45) is 0 Å². The van der Waals surface area contributed by atoms with E-state index in [1.54, 1.807) is 25.1 Å². The number of hydrogen-bond donors (Lipinski definition) is 0. The molecule has 0 aromatic heterocycles. The molecule has 0 saturated heterocycles. The summed E-state index contributed by atoms with van der Waals surface area (Å²) in [5, 5.41) is 11.2. The van der Waals surface area contributed by atoms with E-state index >= 15 is 0 Å². The van der Waals surface area contributed by atoms with Gasteiger partial charge in [-0.2, -0.15) is 0 Å². The number of nitro benzene ring substituents is 1. The molecule has 9 nitrogen and oxygen atoms in total. The van der Waals surface area contributed by atoms with Crippen molar-refractivity contribution in [3.05, 3.63) is 62.7 Å². The third-order valence-electron chi connectivity index (χ3n) is 4.26. The Morgan fingerprint density at radius 2 is 1.80 bits per heavy atom. The van der Waals surface area contributed by atoms with Crippen molar-refractivity contribution < 1.29 is 28.7 Å². The van der Waals surface area contributed by atoms with Crippen LogP contribution in [0.4, 0.5) is 5.69 Å². The highest BCUT2D eigenvalue weighted by molar-refractivity contribution is 6.31. The van der Waals surface area contributed by atoms with E-state index in [1.807, 2.05) is 0 Å². The summed E-state index contributed by atoms with van der Waals surface area (Å²) in [6, 6.07) is 8.84. The van der Waals surface area contributed by atoms with Crippen LogP contribution in [-0.4, -0.2) is 49.1 Å². The van der Waals surface area contributed by atoms with Crippen LogP contribution in [0.1, 0.15) is 22.8 Å². The topological polar surface area (TPSA) is 108 Å². The van der Waals surface area contributed by atoms with Crippen molar-refractivity contribution in [1.82, 2.24) is 4.90 Å². The lowest BCUT2D eigenvalue weighted by Crippen LogP contribution is -2.34. The molecule has 0 bridgehead atoms. The molecule has 0 aliphatic rings. The van der Waals surface area contributed by atoms with Gasteiger partial charge in [-0.05, 0) is 36.8 Å². The van der Waals surface area contributed by atoms with Crippen LogP contribution in [0.3, 0.4) is 0 Å². The van der Waals surface area contributed by atoms with Gasteiger partial charge < -0.3 is 19.1 Å².